The van der Waals surface area contributed by atoms with Gasteiger partial charge in [-0.25, -0.2) is 4.79 Å². The van der Waals surface area contributed by atoms with Crippen LogP contribution in [0.5, 0.6) is 0 Å². The van der Waals surface area contributed by atoms with Crippen LogP contribution in [0, 0.1) is 13.8 Å². The number of carbonyl (C=O) groups is 3. The van der Waals surface area contributed by atoms with E-state index in [1.54, 1.807) is 37.3 Å². The second kappa shape index (κ2) is 6.79. The van der Waals surface area contributed by atoms with Gasteiger partial charge in [0.25, 0.3) is 0 Å². The molecule has 0 bridgehead atoms. The molecule has 2 rings (SSSR count). The maximum atomic E-state index is 13.1. The van der Waals surface area contributed by atoms with Gasteiger partial charge in [-0.3, -0.25) is 9.59 Å². The summed E-state index contributed by atoms with van der Waals surface area (Å²) >= 11 is 0. The first-order chi connectivity index (χ1) is 11.2. The zero-order chi connectivity index (χ0) is 18.2. The van der Waals surface area contributed by atoms with E-state index in [0.29, 0.717) is 22.5 Å². The fourth-order valence-corrected chi connectivity index (χ4v) is 3.36. The van der Waals surface area contributed by atoms with Crippen LogP contribution in [0.15, 0.2) is 0 Å². The van der Waals surface area contributed by atoms with Crippen molar-refractivity contribution in [3.05, 3.63) is 22.5 Å². The molecule has 0 N–H and O–H groups in total. The van der Waals surface area contributed by atoms with Crippen molar-refractivity contribution in [2.45, 2.75) is 59.5 Å². The molecule has 1 aromatic rings. The van der Waals surface area contributed by atoms with E-state index < -0.39 is 12.0 Å². The fourth-order valence-electron chi connectivity index (χ4n) is 3.36. The van der Waals surface area contributed by atoms with E-state index in [4.69, 9.17) is 4.74 Å². The Morgan fingerprint density at radius 2 is 1.88 bits per heavy atom. The van der Waals surface area contributed by atoms with E-state index in [2.05, 4.69) is 0 Å². The minimum absolute atomic E-state index is 0.0878. The van der Waals surface area contributed by atoms with E-state index >= 15 is 0 Å². The predicted octanol–water partition coefficient (Wildman–Crippen LogP) is 2.40. The maximum absolute atomic E-state index is 13.1. The van der Waals surface area contributed by atoms with Gasteiger partial charge in [-0.2, -0.15) is 0 Å². The molecule has 0 aromatic carbocycles. The Morgan fingerprint density at radius 1 is 1.29 bits per heavy atom. The monoisotopic (exact) mass is 334 g/mol. The molecule has 1 fully saturated rings. The highest BCUT2D eigenvalue weighted by Crippen LogP contribution is 2.31. The van der Waals surface area contributed by atoms with E-state index in [-0.39, 0.29) is 24.3 Å². The van der Waals surface area contributed by atoms with E-state index in [9.17, 15) is 14.4 Å². The second-order valence-electron chi connectivity index (χ2n) is 6.41. The molecule has 1 amide bonds. The summed E-state index contributed by atoms with van der Waals surface area (Å²) in [5, 5.41) is 0. The molecule has 1 unspecified atom stereocenters. The molecule has 6 nitrogen and oxygen atoms in total. The van der Waals surface area contributed by atoms with Crippen LogP contribution in [0.1, 0.15) is 65.7 Å². The molecule has 0 spiro atoms. The number of hydrogen-bond acceptors (Lipinski definition) is 4. The lowest BCUT2D eigenvalue weighted by molar-refractivity contribution is -0.130. The Morgan fingerprint density at radius 3 is 2.33 bits per heavy atom. The lowest BCUT2D eigenvalue weighted by Gasteiger charge is -2.27. The molecule has 0 aliphatic heterocycles. The molecule has 1 aliphatic carbocycles. The van der Waals surface area contributed by atoms with E-state index in [1.165, 1.54) is 6.92 Å². The minimum atomic E-state index is -0.537. The number of ether oxygens (including phenoxy) is 1. The number of amides is 1. The van der Waals surface area contributed by atoms with Crippen LogP contribution in [-0.2, 0) is 16.6 Å². The van der Waals surface area contributed by atoms with Gasteiger partial charge < -0.3 is 14.2 Å². The third-order valence-electron chi connectivity index (χ3n) is 4.75. The molecule has 24 heavy (non-hydrogen) atoms. The average molecular weight is 334 g/mol. The first-order valence-corrected chi connectivity index (χ1v) is 8.38. The summed E-state index contributed by atoms with van der Waals surface area (Å²) in [6.45, 7) is 8.85. The SMILES string of the molecule is CCOC(=O)c1c(C)c(C(=O)C(C)N(C(C)=O)C2CC2)c(C)n1C. The molecule has 0 saturated heterocycles. The van der Waals surface area contributed by atoms with Crippen LogP contribution >= 0.6 is 0 Å². The number of nitrogens with zero attached hydrogens (tertiary/aromatic N) is 2. The van der Waals surface area contributed by atoms with Crippen molar-refractivity contribution in [3.8, 4) is 0 Å². The van der Waals surface area contributed by atoms with Gasteiger partial charge in [-0.05, 0) is 46.1 Å². The first kappa shape index (κ1) is 18.2. The summed E-state index contributed by atoms with van der Waals surface area (Å²) in [5.41, 5.74) is 2.24. The molecule has 132 valence electrons. The number of Topliss-reactive ketones (excluding diaryl/α,β-unsaturated/α-hetero) is 1. The second-order valence-corrected chi connectivity index (χ2v) is 6.41. The molecule has 0 radical (unpaired) electrons. The summed E-state index contributed by atoms with van der Waals surface area (Å²) in [5.74, 6) is -0.647. The lowest BCUT2D eigenvalue weighted by Crippen LogP contribution is -2.43. The van der Waals surface area contributed by atoms with Crippen molar-refractivity contribution < 1.29 is 19.1 Å². The summed E-state index contributed by atoms with van der Waals surface area (Å²) in [4.78, 5) is 38.8. The van der Waals surface area contributed by atoms with Crippen molar-refractivity contribution >= 4 is 17.7 Å². The molecular formula is C18H26N2O4. The number of hydrogen-bond donors (Lipinski definition) is 0. The number of rotatable bonds is 6. The van der Waals surface area contributed by atoms with Gasteiger partial charge in [0.2, 0.25) is 5.91 Å². The van der Waals surface area contributed by atoms with Crippen molar-refractivity contribution in [2.24, 2.45) is 7.05 Å². The topological polar surface area (TPSA) is 68.6 Å². The fraction of sp³-hybridized carbons (Fsp3) is 0.611. The maximum Gasteiger partial charge on any atom is 0.355 e. The number of ketones is 1. The smallest absolute Gasteiger partial charge is 0.355 e. The van der Waals surface area contributed by atoms with Crippen molar-refractivity contribution in [1.82, 2.24) is 9.47 Å². The van der Waals surface area contributed by atoms with Crippen LogP contribution in [0.4, 0.5) is 0 Å². The Labute approximate surface area is 142 Å². The number of esters is 1. The van der Waals surface area contributed by atoms with Gasteiger partial charge in [0.05, 0.1) is 12.6 Å². The molecule has 1 heterocycles. The molecule has 1 atom stereocenters. The molecule has 6 heteroatoms. The highest BCUT2D eigenvalue weighted by Gasteiger charge is 2.38. The third kappa shape index (κ3) is 3.09. The molecule has 1 aliphatic rings. The largest absolute Gasteiger partial charge is 0.461 e. The normalized spacial score (nSPS) is 15.1. The third-order valence-corrected chi connectivity index (χ3v) is 4.75. The Hall–Kier alpha value is -2.11. The quantitative estimate of drug-likeness (QED) is 0.592. The Balaban J connectivity index is 2.41. The molecule has 1 saturated carbocycles. The van der Waals surface area contributed by atoms with Crippen LogP contribution in [0.2, 0.25) is 0 Å². The Kier molecular flexibility index (Phi) is 5.16. The van der Waals surface area contributed by atoms with Crippen LogP contribution in [0.25, 0.3) is 0 Å². The van der Waals surface area contributed by atoms with Crippen LogP contribution in [0.3, 0.4) is 0 Å². The summed E-state index contributed by atoms with van der Waals surface area (Å²) < 4.78 is 6.79. The van der Waals surface area contributed by atoms with Crippen molar-refractivity contribution in [2.75, 3.05) is 6.61 Å². The summed E-state index contributed by atoms with van der Waals surface area (Å²) in [7, 11) is 1.75. The predicted molar refractivity (Wildman–Crippen MR) is 90.2 cm³/mol. The van der Waals surface area contributed by atoms with Crippen molar-refractivity contribution in [3.63, 3.8) is 0 Å². The zero-order valence-corrected chi connectivity index (χ0v) is 15.3. The molecular weight excluding hydrogens is 308 g/mol. The van der Waals surface area contributed by atoms with Crippen molar-refractivity contribution in [1.29, 1.82) is 0 Å². The zero-order valence-electron chi connectivity index (χ0n) is 15.3. The minimum Gasteiger partial charge on any atom is -0.461 e. The highest BCUT2D eigenvalue weighted by molar-refractivity contribution is 6.06. The van der Waals surface area contributed by atoms with Gasteiger partial charge >= 0.3 is 5.97 Å². The molecule has 1 aromatic heterocycles. The lowest BCUT2D eigenvalue weighted by atomic mass is 9.99. The first-order valence-electron chi connectivity index (χ1n) is 8.38. The van der Waals surface area contributed by atoms with E-state index in [0.717, 1.165) is 12.8 Å². The van der Waals surface area contributed by atoms with Gasteiger partial charge in [0.15, 0.2) is 5.78 Å². The number of carbonyl (C=O) groups excluding carboxylic acids is 3. The van der Waals surface area contributed by atoms with Gasteiger partial charge in [0, 0.05) is 31.3 Å². The van der Waals surface area contributed by atoms with Crippen LogP contribution in [-0.4, -0.2) is 45.8 Å². The van der Waals surface area contributed by atoms with Gasteiger partial charge in [-0.15, -0.1) is 0 Å². The summed E-state index contributed by atoms with van der Waals surface area (Å²) in [6.07, 6.45) is 1.88. The van der Waals surface area contributed by atoms with E-state index in [1.807, 2.05) is 6.92 Å². The highest BCUT2D eigenvalue weighted by atomic mass is 16.5. The number of aromatic nitrogens is 1. The van der Waals surface area contributed by atoms with Gasteiger partial charge in [-0.1, -0.05) is 0 Å². The average Bonchev–Trinajstić information content (AvgIpc) is 3.28. The van der Waals surface area contributed by atoms with Gasteiger partial charge in [0.1, 0.15) is 5.69 Å². The van der Waals surface area contributed by atoms with Crippen LogP contribution < -0.4 is 0 Å². The summed E-state index contributed by atoms with van der Waals surface area (Å²) in [6, 6.07) is -0.375. The standard InChI is InChI=1S/C18H26N2O4/c1-7-24-18(23)16-10(2)15(11(3)19(16)6)17(22)12(4)20(13(5)21)14-8-9-14/h12,14H,7-9H2,1-6H3. The Bertz CT molecular complexity index is 686.